The Morgan fingerprint density at radius 1 is 1.62 bits per heavy atom. The first-order valence-electron chi connectivity index (χ1n) is 5.55. The quantitative estimate of drug-likeness (QED) is 0.575. The molecule has 0 radical (unpaired) electrons. The standard InChI is InChI=1S/C10H18FN3OS/c1-2-16-10(14-11)13-9(15)7-4-3-5-8(12)6-7/h7-8H,2-6,12H2,1H3,(H,13,14,15)/t7-,8-/m0/s1. The second kappa shape index (κ2) is 6.85. The predicted molar refractivity (Wildman–Crippen MR) is 64.8 cm³/mol. The average molecular weight is 247 g/mol. The summed E-state index contributed by atoms with van der Waals surface area (Å²) in [6.07, 6.45) is 3.44. The van der Waals surface area contributed by atoms with E-state index in [1.54, 1.807) is 0 Å². The van der Waals surface area contributed by atoms with E-state index in [-0.39, 0.29) is 23.0 Å². The molecular formula is C10H18FN3OS. The number of rotatable bonds is 2. The normalized spacial score (nSPS) is 26.6. The van der Waals surface area contributed by atoms with Crippen molar-refractivity contribution in [3.05, 3.63) is 0 Å². The van der Waals surface area contributed by atoms with Crippen LogP contribution in [0.5, 0.6) is 0 Å². The summed E-state index contributed by atoms with van der Waals surface area (Å²) in [4.78, 5) is 11.8. The van der Waals surface area contributed by atoms with Gasteiger partial charge in [-0.05, 0) is 25.0 Å². The number of amides is 1. The fraction of sp³-hybridized carbons (Fsp3) is 0.800. The summed E-state index contributed by atoms with van der Waals surface area (Å²) in [7, 11) is 0. The van der Waals surface area contributed by atoms with Gasteiger partial charge in [-0.2, -0.15) is 0 Å². The average Bonchev–Trinajstić information content (AvgIpc) is 2.28. The maximum atomic E-state index is 12.2. The van der Waals surface area contributed by atoms with Crippen molar-refractivity contribution in [2.24, 2.45) is 16.9 Å². The van der Waals surface area contributed by atoms with Crippen molar-refractivity contribution >= 4 is 22.8 Å². The topological polar surface area (TPSA) is 67.5 Å². The van der Waals surface area contributed by atoms with E-state index in [0.29, 0.717) is 12.2 Å². The molecule has 6 heteroatoms. The van der Waals surface area contributed by atoms with Gasteiger partial charge in [-0.15, -0.1) is 0 Å². The monoisotopic (exact) mass is 247 g/mol. The fourth-order valence-corrected chi connectivity index (χ4v) is 2.39. The molecule has 1 aliphatic carbocycles. The summed E-state index contributed by atoms with van der Waals surface area (Å²) in [6, 6.07) is 0.0918. The summed E-state index contributed by atoms with van der Waals surface area (Å²) < 4.78 is 12.2. The molecule has 0 unspecified atom stereocenters. The Morgan fingerprint density at radius 3 is 2.94 bits per heavy atom. The molecule has 0 aromatic rings. The second-order valence-electron chi connectivity index (χ2n) is 3.94. The number of hydrogen-bond donors (Lipinski definition) is 2. The predicted octanol–water partition coefficient (Wildman–Crippen LogP) is 1.61. The number of hydrogen-bond acceptors (Lipinski definition) is 4. The van der Waals surface area contributed by atoms with Gasteiger partial charge in [0.15, 0.2) is 5.17 Å². The zero-order chi connectivity index (χ0) is 12.0. The molecule has 0 saturated heterocycles. The molecule has 3 N–H and O–H groups in total. The highest BCUT2D eigenvalue weighted by atomic mass is 32.2. The van der Waals surface area contributed by atoms with E-state index >= 15 is 0 Å². The lowest BCUT2D eigenvalue weighted by atomic mass is 9.86. The third-order valence-corrected chi connectivity index (χ3v) is 3.41. The number of carbonyl (C=O) groups excluding carboxylic acids is 1. The molecule has 1 saturated carbocycles. The molecule has 0 aromatic carbocycles. The highest BCUT2D eigenvalue weighted by Crippen LogP contribution is 2.23. The third kappa shape index (κ3) is 4.09. The summed E-state index contributed by atoms with van der Waals surface area (Å²) in [6.45, 7) is 1.87. The zero-order valence-corrected chi connectivity index (χ0v) is 10.2. The molecule has 0 aliphatic heterocycles. The van der Waals surface area contributed by atoms with Crippen LogP contribution in [0, 0.1) is 5.92 Å². The van der Waals surface area contributed by atoms with Crippen LogP contribution in [0.1, 0.15) is 32.6 Å². The van der Waals surface area contributed by atoms with E-state index in [9.17, 15) is 9.28 Å². The van der Waals surface area contributed by atoms with E-state index in [4.69, 9.17) is 5.73 Å². The molecule has 4 nitrogen and oxygen atoms in total. The minimum absolute atomic E-state index is 0.0478. The number of carbonyl (C=O) groups is 1. The smallest absolute Gasteiger partial charge is 0.229 e. The molecule has 0 heterocycles. The summed E-state index contributed by atoms with van der Waals surface area (Å²) in [5, 5.41) is 5.10. The van der Waals surface area contributed by atoms with Gasteiger partial charge in [-0.3, -0.25) is 4.79 Å². The number of nitrogens with two attached hydrogens (primary N) is 1. The van der Waals surface area contributed by atoms with Crippen molar-refractivity contribution in [1.29, 1.82) is 0 Å². The minimum Gasteiger partial charge on any atom is -0.328 e. The number of nitrogens with zero attached hydrogens (tertiary/aromatic N) is 1. The molecule has 92 valence electrons. The van der Waals surface area contributed by atoms with Gasteiger partial charge in [0.05, 0.1) is 0 Å². The van der Waals surface area contributed by atoms with E-state index in [0.717, 1.165) is 19.3 Å². The van der Waals surface area contributed by atoms with Gasteiger partial charge in [0.25, 0.3) is 0 Å². The molecule has 1 amide bonds. The largest absolute Gasteiger partial charge is 0.328 e. The van der Waals surface area contributed by atoms with Gasteiger partial charge in [0, 0.05) is 12.0 Å². The van der Waals surface area contributed by atoms with Gasteiger partial charge >= 0.3 is 0 Å². The Morgan fingerprint density at radius 2 is 2.38 bits per heavy atom. The first-order valence-corrected chi connectivity index (χ1v) is 6.54. The van der Waals surface area contributed by atoms with Crippen molar-refractivity contribution in [3.63, 3.8) is 0 Å². The highest BCUT2D eigenvalue weighted by Gasteiger charge is 2.26. The van der Waals surface area contributed by atoms with Gasteiger partial charge in [-0.25, -0.2) is 0 Å². The van der Waals surface area contributed by atoms with Crippen molar-refractivity contribution in [2.75, 3.05) is 5.75 Å². The first-order chi connectivity index (χ1) is 7.67. The summed E-state index contributed by atoms with van der Waals surface area (Å²) in [5.74, 6) is 0.415. The lowest BCUT2D eigenvalue weighted by Crippen LogP contribution is -2.39. The Labute approximate surface area is 99.2 Å². The fourth-order valence-electron chi connectivity index (χ4n) is 1.89. The molecular weight excluding hydrogens is 229 g/mol. The highest BCUT2D eigenvalue weighted by molar-refractivity contribution is 8.13. The van der Waals surface area contributed by atoms with Crippen LogP contribution in [0.2, 0.25) is 0 Å². The van der Waals surface area contributed by atoms with E-state index < -0.39 is 0 Å². The zero-order valence-electron chi connectivity index (χ0n) is 9.41. The molecule has 16 heavy (non-hydrogen) atoms. The third-order valence-electron chi connectivity index (χ3n) is 2.67. The molecule has 2 atom stereocenters. The lowest BCUT2D eigenvalue weighted by Gasteiger charge is -2.25. The lowest BCUT2D eigenvalue weighted by molar-refractivity contribution is -0.124. The Kier molecular flexibility index (Phi) is 5.76. The van der Waals surface area contributed by atoms with Gasteiger partial charge in [-0.1, -0.05) is 34.8 Å². The van der Waals surface area contributed by atoms with Crippen molar-refractivity contribution < 1.29 is 9.28 Å². The molecule has 1 fully saturated rings. The first kappa shape index (κ1) is 13.4. The van der Waals surface area contributed by atoms with Gasteiger partial charge < -0.3 is 11.1 Å². The van der Waals surface area contributed by atoms with Crippen LogP contribution in [-0.2, 0) is 4.79 Å². The SMILES string of the molecule is CCSC(=NF)NC(=O)[C@H]1CCC[C@H](N)C1. The molecule has 1 aliphatic rings. The van der Waals surface area contributed by atoms with E-state index in [2.05, 4.69) is 10.5 Å². The maximum Gasteiger partial charge on any atom is 0.229 e. The summed E-state index contributed by atoms with van der Waals surface area (Å²) in [5.41, 5.74) is 5.80. The number of amidine groups is 1. The van der Waals surface area contributed by atoms with Crippen LogP contribution in [0.3, 0.4) is 0 Å². The van der Waals surface area contributed by atoms with Crippen LogP contribution >= 0.6 is 11.8 Å². The molecule has 1 rings (SSSR count). The van der Waals surface area contributed by atoms with Crippen molar-refractivity contribution in [1.82, 2.24) is 5.32 Å². The van der Waals surface area contributed by atoms with Crippen LogP contribution in [0.15, 0.2) is 5.21 Å². The van der Waals surface area contributed by atoms with Crippen LogP contribution in [0.4, 0.5) is 4.48 Å². The van der Waals surface area contributed by atoms with Crippen molar-refractivity contribution in [3.8, 4) is 0 Å². The Balaban J connectivity index is 2.44. The number of nitrogens with one attached hydrogen (secondary N) is 1. The van der Waals surface area contributed by atoms with Crippen LogP contribution in [-0.4, -0.2) is 22.9 Å². The second-order valence-corrected chi connectivity index (χ2v) is 5.19. The molecule has 0 aromatic heterocycles. The minimum atomic E-state index is -0.160. The van der Waals surface area contributed by atoms with Crippen molar-refractivity contribution in [2.45, 2.75) is 38.6 Å². The summed E-state index contributed by atoms with van der Waals surface area (Å²) >= 11 is 1.18. The number of halogens is 1. The Bertz CT molecular complexity index is 273. The van der Waals surface area contributed by atoms with Crippen LogP contribution < -0.4 is 11.1 Å². The molecule has 0 spiro atoms. The van der Waals surface area contributed by atoms with E-state index in [1.807, 2.05) is 6.92 Å². The van der Waals surface area contributed by atoms with Crippen LogP contribution in [0.25, 0.3) is 0 Å². The van der Waals surface area contributed by atoms with Gasteiger partial charge in [0.1, 0.15) is 0 Å². The van der Waals surface area contributed by atoms with E-state index in [1.165, 1.54) is 11.8 Å². The Hall–Kier alpha value is -0.620. The maximum absolute atomic E-state index is 12.2. The molecule has 0 bridgehead atoms. The van der Waals surface area contributed by atoms with Gasteiger partial charge in [0.2, 0.25) is 5.91 Å². The number of thioether (sulfide) groups is 1.